The smallest absolute Gasteiger partial charge is 0.238 e. The molecule has 7 rings (SSSR count). The van der Waals surface area contributed by atoms with E-state index in [0.717, 1.165) is 22.3 Å². The van der Waals surface area contributed by atoms with Crippen molar-refractivity contribution in [3.63, 3.8) is 0 Å². The molecule has 0 unspecified atom stereocenters. The van der Waals surface area contributed by atoms with Crippen molar-refractivity contribution in [2.75, 3.05) is 4.90 Å². The number of rotatable bonds is 2. The van der Waals surface area contributed by atoms with Gasteiger partial charge in [-0.05, 0) is 41.3 Å². The Bertz CT molecular complexity index is 1140. The molecule has 2 bridgehead atoms. The van der Waals surface area contributed by atoms with E-state index in [4.69, 9.17) is 0 Å². The van der Waals surface area contributed by atoms with Crippen LogP contribution in [0.4, 0.5) is 5.69 Å². The van der Waals surface area contributed by atoms with Crippen molar-refractivity contribution in [1.82, 2.24) is 0 Å². The van der Waals surface area contributed by atoms with Crippen LogP contribution in [0.3, 0.4) is 0 Å². The molecule has 1 heterocycles. The number of nitrogens with zero attached hydrogens (tertiary/aromatic N) is 1. The molecule has 2 amide bonds. The standard InChI is InChI=1S/C26H19NO3/c1-14(28)15-7-6-8-16(13-15)27-25(29)23-21-17-9-2-3-10-18(17)22(24(23)26(27)30)20-12-5-4-11-19(20)21/h2-13,21-24H,1H3/t21?,22?,23-,24-/m0/s1. The third-order valence-corrected chi connectivity index (χ3v) is 6.96. The SMILES string of the molecule is CC(=O)c1cccc(N2C(=O)[C@H]3C4c5ccccc5C(c5ccccc54)[C@@H]3C2=O)c1. The topological polar surface area (TPSA) is 54.5 Å². The van der Waals surface area contributed by atoms with Crippen molar-refractivity contribution in [3.8, 4) is 0 Å². The second-order valence-electron chi connectivity index (χ2n) is 8.38. The van der Waals surface area contributed by atoms with Gasteiger partial charge in [0.05, 0.1) is 17.5 Å². The van der Waals surface area contributed by atoms with E-state index in [9.17, 15) is 14.4 Å². The van der Waals surface area contributed by atoms with E-state index in [0.29, 0.717) is 11.3 Å². The molecule has 30 heavy (non-hydrogen) atoms. The number of ketones is 1. The fourth-order valence-electron chi connectivity index (χ4n) is 5.80. The lowest BCUT2D eigenvalue weighted by atomic mass is 9.55. The summed E-state index contributed by atoms with van der Waals surface area (Å²) in [6, 6.07) is 23.2. The van der Waals surface area contributed by atoms with Crippen LogP contribution in [0.2, 0.25) is 0 Å². The van der Waals surface area contributed by atoms with E-state index < -0.39 is 11.8 Å². The molecule has 0 aromatic heterocycles. The summed E-state index contributed by atoms with van der Waals surface area (Å²) in [6.45, 7) is 1.49. The van der Waals surface area contributed by atoms with Crippen LogP contribution in [0.25, 0.3) is 0 Å². The van der Waals surface area contributed by atoms with Crippen molar-refractivity contribution in [3.05, 3.63) is 101 Å². The summed E-state index contributed by atoms with van der Waals surface area (Å²) in [4.78, 5) is 40.5. The van der Waals surface area contributed by atoms with Gasteiger partial charge in [-0.3, -0.25) is 14.4 Å². The fourth-order valence-corrected chi connectivity index (χ4v) is 5.80. The molecule has 4 aliphatic rings. The zero-order chi connectivity index (χ0) is 20.6. The number of benzene rings is 3. The largest absolute Gasteiger partial charge is 0.295 e. The summed E-state index contributed by atoms with van der Waals surface area (Å²) in [5.74, 6) is -1.47. The first kappa shape index (κ1) is 17.3. The molecule has 0 N–H and O–H groups in total. The molecule has 1 aliphatic heterocycles. The number of carbonyl (C=O) groups is 3. The van der Waals surface area contributed by atoms with Crippen LogP contribution in [-0.2, 0) is 9.59 Å². The van der Waals surface area contributed by atoms with Gasteiger partial charge in [-0.25, -0.2) is 4.90 Å². The summed E-state index contributed by atoms with van der Waals surface area (Å²) < 4.78 is 0. The first-order valence-corrected chi connectivity index (χ1v) is 10.2. The normalized spacial score (nSPS) is 25.7. The molecule has 4 nitrogen and oxygen atoms in total. The first-order valence-electron chi connectivity index (χ1n) is 10.2. The minimum absolute atomic E-state index is 0.0896. The summed E-state index contributed by atoms with van der Waals surface area (Å²) in [5, 5.41) is 0. The van der Waals surface area contributed by atoms with Gasteiger partial charge in [0.15, 0.2) is 5.78 Å². The zero-order valence-electron chi connectivity index (χ0n) is 16.4. The van der Waals surface area contributed by atoms with Gasteiger partial charge in [-0.2, -0.15) is 0 Å². The highest BCUT2D eigenvalue weighted by atomic mass is 16.2. The van der Waals surface area contributed by atoms with Crippen LogP contribution in [-0.4, -0.2) is 17.6 Å². The van der Waals surface area contributed by atoms with Gasteiger partial charge in [0, 0.05) is 17.4 Å². The van der Waals surface area contributed by atoms with Crippen LogP contribution >= 0.6 is 0 Å². The molecular weight excluding hydrogens is 374 g/mol. The lowest BCUT2D eigenvalue weighted by molar-refractivity contribution is -0.122. The number of amides is 2. The van der Waals surface area contributed by atoms with Crippen LogP contribution in [0, 0.1) is 11.8 Å². The molecule has 146 valence electrons. The van der Waals surface area contributed by atoms with E-state index in [1.807, 2.05) is 24.3 Å². The van der Waals surface area contributed by atoms with Crippen molar-refractivity contribution in [1.29, 1.82) is 0 Å². The Hall–Kier alpha value is -3.53. The number of imide groups is 1. The Kier molecular flexibility index (Phi) is 3.46. The van der Waals surface area contributed by atoms with Crippen molar-refractivity contribution in [2.24, 2.45) is 11.8 Å². The van der Waals surface area contributed by atoms with Gasteiger partial charge < -0.3 is 0 Å². The second kappa shape index (κ2) is 5.99. The first-order chi connectivity index (χ1) is 14.6. The average Bonchev–Trinajstić information content (AvgIpc) is 3.04. The Balaban J connectivity index is 1.54. The third-order valence-electron chi connectivity index (χ3n) is 6.96. The molecule has 0 radical (unpaired) electrons. The maximum absolute atomic E-state index is 13.7. The van der Waals surface area contributed by atoms with Gasteiger partial charge in [0.1, 0.15) is 0 Å². The van der Waals surface area contributed by atoms with Crippen molar-refractivity contribution >= 4 is 23.3 Å². The Morgan fingerprint density at radius 3 is 1.60 bits per heavy atom. The summed E-state index contributed by atoms with van der Waals surface area (Å²) >= 11 is 0. The number of anilines is 1. The molecule has 2 atom stereocenters. The van der Waals surface area contributed by atoms with Gasteiger partial charge in [0.25, 0.3) is 0 Å². The monoisotopic (exact) mass is 393 g/mol. The highest BCUT2D eigenvalue weighted by molar-refractivity contribution is 6.23. The van der Waals surface area contributed by atoms with Gasteiger partial charge in [-0.1, -0.05) is 60.7 Å². The van der Waals surface area contributed by atoms with Crippen molar-refractivity contribution < 1.29 is 14.4 Å². The maximum atomic E-state index is 13.7. The summed E-state index contributed by atoms with van der Waals surface area (Å²) in [5.41, 5.74) is 5.61. The minimum Gasteiger partial charge on any atom is -0.295 e. The molecule has 0 saturated carbocycles. The van der Waals surface area contributed by atoms with Crippen LogP contribution in [0.1, 0.15) is 51.4 Å². The summed E-state index contributed by atoms with van der Waals surface area (Å²) in [7, 11) is 0. The minimum atomic E-state index is -0.409. The van der Waals surface area contributed by atoms with Crippen molar-refractivity contribution in [2.45, 2.75) is 18.8 Å². The van der Waals surface area contributed by atoms with E-state index in [2.05, 4.69) is 24.3 Å². The van der Waals surface area contributed by atoms with Gasteiger partial charge in [0.2, 0.25) is 11.8 Å². The number of carbonyl (C=O) groups excluding carboxylic acids is 3. The lowest BCUT2D eigenvalue weighted by Gasteiger charge is -2.45. The molecule has 3 aromatic rings. The molecule has 1 saturated heterocycles. The van der Waals surface area contributed by atoms with Gasteiger partial charge >= 0.3 is 0 Å². The number of Topliss-reactive ketones (excluding diaryl/α,β-unsaturated/α-hetero) is 1. The maximum Gasteiger partial charge on any atom is 0.238 e. The van der Waals surface area contributed by atoms with Crippen LogP contribution in [0.5, 0.6) is 0 Å². The predicted octanol–water partition coefficient (Wildman–Crippen LogP) is 4.29. The Morgan fingerprint density at radius 2 is 1.17 bits per heavy atom. The molecule has 0 spiro atoms. The summed E-state index contributed by atoms with van der Waals surface area (Å²) in [6.07, 6.45) is 0. The molecule has 3 aliphatic carbocycles. The average molecular weight is 393 g/mol. The number of hydrogen-bond donors (Lipinski definition) is 0. The molecule has 4 heteroatoms. The predicted molar refractivity (Wildman–Crippen MR) is 112 cm³/mol. The lowest BCUT2D eigenvalue weighted by Crippen LogP contribution is -2.41. The van der Waals surface area contributed by atoms with E-state index in [1.165, 1.54) is 11.8 Å². The van der Waals surface area contributed by atoms with Crippen LogP contribution < -0.4 is 4.90 Å². The number of hydrogen-bond acceptors (Lipinski definition) is 3. The van der Waals surface area contributed by atoms with Gasteiger partial charge in [-0.15, -0.1) is 0 Å². The van der Waals surface area contributed by atoms with E-state index in [-0.39, 0.29) is 29.4 Å². The molecular formula is C26H19NO3. The highest BCUT2D eigenvalue weighted by Gasteiger charge is 2.61. The Labute approximate surface area is 174 Å². The second-order valence-corrected chi connectivity index (χ2v) is 8.38. The quantitative estimate of drug-likeness (QED) is 0.482. The highest BCUT2D eigenvalue weighted by Crippen LogP contribution is 2.61. The third kappa shape index (κ3) is 2.08. The van der Waals surface area contributed by atoms with Crippen LogP contribution in [0.15, 0.2) is 72.8 Å². The molecule has 1 fully saturated rings. The fraction of sp³-hybridized carbons (Fsp3) is 0.192. The Morgan fingerprint density at radius 1 is 0.700 bits per heavy atom. The molecule has 3 aromatic carbocycles. The van der Waals surface area contributed by atoms with E-state index >= 15 is 0 Å². The van der Waals surface area contributed by atoms with E-state index in [1.54, 1.807) is 24.3 Å². The zero-order valence-corrected chi connectivity index (χ0v) is 16.4.